The molecule has 26 heavy (non-hydrogen) atoms. The maximum Gasteiger partial charge on any atom is 0.219 e. The molecule has 0 unspecified atom stereocenters. The van der Waals surface area contributed by atoms with Crippen molar-refractivity contribution in [1.82, 2.24) is 15.1 Å². The fourth-order valence-corrected chi connectivity index (χ4v) is 2.45. The van der Waals surface area contributed by atoms with Gasteiger partial charge in [-0.3, -0.25) is 9.69 Å². The molecule has 0 radical (unpaired) electrons. The summed E-state index contributed by atoms with van der Waals surface area (Å²) in [6.07, 6.45) is 0.512. The minimum atomic E-state index is 0.0549. The van der Waals surface area contributed by atoms with Gasteiger partial charge in [-0.15, -0.1) is 0 Å². The Morgan fingerprint density at radius 1 is 0.808 bits per heavy atom. The molecule has 1 N–H and O–H groups in total. The Kier molecular flexibility index (Phi) is 18.5. The quantitative estimate of drug-likeness (QED) is 0.461. The molecule has 1 aliphatic rings. The molecule has 0 aromatic carbocycles. The zero-order valence-corrected chi connectivity index (χ0v) is 17.4. The number of likely N-dealkylation sites (N-methyl/N-ethyl adjacent to an activating group) is 1. The fraction of sp³-hybridized carbons (Fsp3) is 0.947. The van der Waals surface area contributed by atoms with E-state index in [1.54, 1.807) is 0 Å². The van der Waals surface area contributed by atoms with E-state index in [2.05, 4.69) is 22.0 Å². The first-order valence-electron chi connectivity index (χ1n) is 10.2. The van der Waals surface area contributed by atoms with Crippen LogP contribution in [0.4, 0.5) is 0 Å². The molecule has 0 saturated carbocycles. The van der Waals surface area contributed by atoms with Crippen LogP contribution in [0.25, 0.3) is 0 Å². The van der Waals surface area contributed by atoms with Crippen molar-refractivity contribution in [3.63, 3.8) is 0 Å². The lowest BCUT2D eigenvalue weighted by Gasteiger charge is -2.33. The van der Waals surface area contributed by atoms with E-state index in [-0.39, 0.29) is 5.91 Å². The number of carbonyl (C=O) groups excluding carboxylic acids is 1. The van der Waals surface area contributed by atoms with Crippen LogP contribution in [0.15, 0.2) is 0 Å². The van der Waals surface area contributed by atoms with Crippen LogP contribution < -0.4 is 5.32 Å². The summed E-state index contributed by atoms with van der Waals surface area (Å²) in [5.74, 6) is 0.0549. The molecule has 7 nitrogen and oxygen atoms in total. The normalized spacial score (nSPS) is 15.4. The van der Waals surface area contributed by atoms with Crippen LogP contribution in [0, 0.1) is 0 Å². The molecule has 0 spiro atoms. The van der Waals surface area contributed by atoms with E-state index >= 15 is 0 Å². The molecule has 1 amide bonds. The summed E-state index contributed by atoms with van der Waals surface area (Å²) in [6, 6.07) is 0. The van der Waals surface area contributed by atoms with Gasteiger partial charge in [-0.05, 0) is 6.54 Å². The molecular weight excluding hydrogens is 334 g/mol. The highest BCUT2D eigenvalue weighted by Gasteiger charge is 2.14. The molecule has 0 aromatic rings. The highest BCUT2D eigenvalue weighted by atomic mass is 16.5. The standard InChI is InChI=1S/C17H35N3O4.C2H6/c1-3-17(21)18-5-11-22-13-15-24-16-14-23-12-10-20-8-6-19(4-2)7-9-20;1-2/h3-16H2,1-2H3,(H,18,21);1-2H3. The number of carbonyl (C=O) groups is 1. The van der Waals surface area contributed by atoms with Crippen LogP contribution >= 0.6 is 0 Å². The Balaban J connectivity index is 0.00000301. The predicted molar refractivity (Wildman–Crippen MR) is 106 cm³/mol. The van der Waals surface area contributed by atoms with Crippen LogP contribution in [0.5, 0.6) is 0 Å². The first kappa shape index (κ1) is 25.3. The van der Waals surface area contributed by atoms with Crippen LogP contribution in [0.1, 0.15) is 34.1 Å². The summed E-state index contributed by atoms with van der Waals surface area (Å²) in [4.78, 5) is 15.9. The van der Waals surface area contributed by atoms with E-state index < -0.39 is 0 Å². The Morgan fingerprint density at radius 3 is 1.85 bits per heavy atom. The lowest BCUT2D eigenvalue weighted by Crippen LogP contribution is -2.47. The highest BCUT2D eigenvalue weighted by Crippen LogP contribution is 2.00. The zero-order chi connectivity index (χ0) is 19.5. The van der Waals surface area contributed by atoms with Crippen LogP contribution in [0.3, 0.4) is 0 Å². The van der Waals surface area contributed by atoms with E-state index in [4.69, 9.17) is 14.2 Å². The molecule has 7 heteroatoms. The fourth-order valence-electron chi connectivity index (χ4n) is 2.45. The summed E-state index contributed by atoms with van der Waals surface area (Å²) in [5.41, 5.74) is 0. The van der Waals surface area contributed by atoms with Gasteiger partial charge >= 0.3 is 0 Å². The summed E-state index contributed by atoms with van der Waals surface area (Å²) in [7, 11) is 0. The van der Waals surface area contributed by atoms with Gasteiger partial charge in [0.1, 0.15) is 0 Å². The van der Waals surface area contributed by atoms with Crippen molar-refractivity contribution in [2.45, 2.75) is 34.1 Å². The van der Waals surface area contributed by atoms with Gasteiger partial charge in [-0.25, -0.2) is 0 Å². The lowest BCUT2D eigenvalue weighted by atomic mass is 10.3. The molecule has 0 bridgehead atoms. The molecule has 1 fully saturated rings. The summed E-state index contributed by atoms with van der Waals surface area (Å²) < 4.78 is 16.4. The van der Waals surface area contributed by atoms with E-state index in [1.165, 1.54) is 13.1 Å². The Bertz CT molecular complexity index is 311. The number of nitrogens with zero attached hydrogens (tertiary/aromatic N) is 2. The monoisotopic (exact) mass is 375 g/mol. The average molecular weight is 376 g/mol. The molecule has 1 aliphatic heterocycles. The van der Waals surface area contributed by atoms with Crippen molar-refractivity contribution >= 4 is 5.91 Å². The van der Waals surface area contributed by atoms with Gasteiger partial charge in [0.25, 0.3) is 0 Å². The number of hydrogen-bond acceptors (Lipinski definition) is 6. The van der Waals surface area contributed by atoms with Crippen molar-refractivity contribution in [2.75, 3.05) is 85.5 Å². The van der Waals surface area contributed by atoms with Gasteiger partial charge < -0.3 is 24.4 Å². The van der Waals surface area contributed by atoms with Gasteiger partial charge in [0.15, 0.2) is 0 Å². The molecule has 0 aromatic heterocycles. The number of nitrogens with one attached hydrogen (secondary N) is 1. The van der Waals surface area contributed by atoms with Crippen molar-refractivity contribution in [1.29, 1.82) is 0 Å². The Morgan fingerprint density at radius 2 is 1.31 bits per heavy atom. The van der Waals surface area contributed by atoms with Crippen molar-refractivity contribution in [2.24, 2.45) is 0 Å². The maximum absolute atomic E-state index is 11.0. The topological polar surface area (TPSA) is 63.3 Å². The average Bonchev–Trinajstić information content (AvgIpc) is 2.70. The molecule has 1 heterocycles. The lowest BCUT2D eigenvalue weighted by molar-refractivity contribution is -0.121. The Hall–Kier alpha value is -0.730. The summed E-state index contributed by atoms with van der Waals surface area (Å²) >= 11 is 0. The zero-order valence-electron chi connectivity index (χ0n) is 17.4. The van der Waals surface area contributed by atoms with Crippen molar-refractivity contribution in [3.8, 4) is 0 Å². The molecular formula is C19H41N3O4. The van der Waals surface area contributed by atoms with Gasteiger partial charge in [-0.2, -0.15) is 0 Å². The predicted octanol–water partition coefficient (Wildman–Crippen LogP) is 1.23. The first-order chi connectivity index (χ1) is 12.8. The molecule has 0 atom stereocenters. The van der Waals surface area contributed by atoms with E-state index in [0.717, 1.165) is 32.8 Å². The van der Waals surface area contributed by atoms with Crippen LogP contribution in [-0.2, 0) is 19.0 Å². The smallest absolute Gasteiger partial charge is 0.219 e. The minimum Gasteiger partial charge on any atom is -0.378 e. The summed E-state index contributed by atoms with van der Waals surface area (Å²) in [5, 5.41) is 2.76. The van der Waals surface area contributed by atoms with Crippen LogP contribution in [-0.4, -0.2) is 101 Å². The number of ether oxygens (including phenoxy) is 3. The minimum absolute atomic E-state index is 0.0549. The van der Waals surface area contributed by atoms with E-state index in [0.29, 0.717) is 46.0 Å². The maximum atomic E-state index is 11.0. The molecule has 1 saturated heterocycles. The van der Waals surface area contributed by atoms with Crippen molar-refractivity contribution in [3.05, 3.63) is 0 Å². The SMILES string of the molecule is CC.CCC(=O)NCCOCCOCCOCCN1CCN(CC)CC1. The van der Waals surface area contributed by atoms with Gasteiger partial charge in [0.2, 0.25) is 5.91 Å². The second-order valence-corrected chi connectivity index (χ2v) is 5.82. The van der Waals surface area contributed by atoms with Gasteiger partial charge in [0, 0.05) is 45.7 Å². The van der Waals surface area contributed by atoms with E-state index in [1.807, 2.05) is 20.8 Å². The van der Waals surface area contributed by atoms with Gasteiger partial charge in [-0.1, -0.05) is 27.7 Å². The molecule has 156 valence electrons. The molecule has 0 aliphatic carbocycles. The second-order valence-electron chi connectivity index (χ2n) is 5.82. The third-order valence-corrected chi connectivity index (χ3v) is 4.10. The number of amides is 1. The third-order valence-electron chi connectivity index (χ3n) is 4.10. The third kappa shape index (κ3) is 14.4. The Labute approximate surface area is 160 Å². The second kappa shape index (κ2) is 19.0. The number of rotatable bonds is 14. The van der Waals surface area contributed by atoms with Crippen LogP contribution in [0.2, 0.25) is 0 Å². The number of hydrogen-bond donors (Lipinski definition) is 1. The largest absolute Gasteiger partial charge is 0.378 e. The summed E-state index contributed by atoms with van der Waals surface area (Å²) in [6.45, 7) is 19.0. The highest BCUT2D eigenvalue weighted by molar-refractivity contribution is 5.75. The van der Waals surface area contributed by atoms with E-state index in [9.17, 15) is 4.79 Å². The van der Waals surface area contributed by atoms with Gasteiger partial charge in [0.05, 0.1) is 39.6 Å². The first-order valence-corrected chi connectivity index (χ1v) is 10.2. The number of piperazine rings is 1. The van der Waals surface area contributed by atoms with Crippen molar-refractivity contribution < 1.29 is 19.0 Å². The molecule has 1 rings (SSSR count).